The van der Waals surface area contributed by atoms with E-state index in [2.05, 4.69) is 17.1 Å². The van der Waals surface area contributed by atoms with Gasteiger partial charge in [-0.2, -0.15) is 0 Å². The van der Waals surface area contributed by atoms with Crippen molar-refractivity contribution in [3.63, 3.8) is 0 Å². The molecule has 2 amide bonds. The molecule has 6 nitrogen and oxygen atoms in total. The van der Waals surface area contributed by atoms with Gasteiger partial charge in [0.15, 0.2) is 0 Å². The van der Waals surface area contributed by atoms with E-state index < -0.39 is 6.10 Å². The van der Waals surface area contributed by atoms with Gasteiger partial charge in [0.1, 0.15) is 11.9 Å². The molecule has 4 saturated carbocycles. The summed E-state index contributed by atoms with van der Waals surface area (Å²) in [6, 6.07) is 6.74. The van der Waals surface area contributed by atoms with Crippen molar-refractivity contribution in [2.24, 2.45) is 28.9 Å². The van der Waals surface area contributed by atoms with Gasteiger partial charge in [0.25, 0.3) is 5.91 Å². The van der Waals surface area contributed by atoms with E-state index in [9.17, 15) is 14.0 Å². The maximum Gasteiger partial charge on any atom is 0.250 e. The maximum atomic E-state index is 13.3. The third kappa shape index (κ3) is 3.76. The van der Waals surface area contributed by atoms with E-state index >= 15 is 0 Å². The molecule has 1 aliphatic heterocycles. The van der Waals surface area contributed by atoms with Crippen LogP contribution in [0.2, 0.25) is 0 Å². The third-order valence-electron chi connectivity index (χ3n) is 8.40. The summed E-state index contributed by atoms with van der Waals surface area (Å²) in [5.41, 5.74) is 6.46. The standard InChI is InChI=1S/C24H32FN3O3/c1-14(16-2-4-19(25)5-3-16)28-6-7-31-20(13-28)22(29)27-21-17-8-15-9-18(21)12-24(10-15,11-17)23(26)30/h2-5,14-15,17-18,20-21H,6-13H2,1H3,(H2,26,30)(H,27,29)/t14-,15?,17?,18?,20?,21?,24?/m1/s1. The largest absolute Gasteiger partial charge is 0.369 e. The summed E-state index contributed by atoms with van der Waals surface area (Å²) in [7, 11) is 0. The second-order valence-corrected chi connectivity index (χ2v) is 10.2. The first kappa shape index (κ1) is 20.9. The van der Waals surface area contributed by atoms with Gasteiger partial charge in [-0.05, 0) is 74.5 Å². The van der Waals surface area contributed by atoms with Crippen molar-refractivity contribution in [3.8, 4) is 0 Å². The Morgan fingerprint density at radius 3 is 2.52 bits per heavy atom. The van der Waals surface area contributed by atoms with E-state index in [1.807, 2.05) is 0 Å². The van der Waals surface area contributed by atoms with Crippen LogP contribution in [0.15, 0.2) is 24.3 Å². The second kappa shape index (κ2) is 7.85. The van der Waals surface area contributed by atoms with E-state index in [0.29, 0.717) is 30.9 Å². The summed E-state index contributed by atoms with van der Waals surface area (Å²) in [6.07, 6.45) is 4.18. The molecule has 0 aromatic heterocycles. The summed E-state index contributed by atoms with van der Waals surface area (Å²) < 4.78 is 19.1. The van der Waals surface area contributed by atoms with E-state index in [1.54, 1.807) is 12.1 Å². The molecule has 3 N–H and O–H groups in total. The number of amides is 2. The molecule has 7 heteroatoms. The number of benzene rings is 1. The van der Waals surface area contributed by atoms with Crippen molar-refractivity contribution in [2.45, 2.75) is 57.2 Å². The Bertz CT molecular complexity index is 844. The monoisotopic (exact) mass is 429 g/mol. The van der Waals surface area contributed by atoms with Gasteiger partial charge < -0.3 is 15.8 Å². The van der Waals surface area contributed by atoms with Crippen LogP contribution in [-0.4, -0.2) is 48.6 Å². The van der Waals surface area contributed by atoms with Crippen molar-refractivity contribution in [1.82, 2.24) is 10.2 Å². The molecule has 1 saturated heterocycles. The number of nitrogens with two attached hydrogens (primary N) is 1. The first-order valence-electron chi connectivity index (χ1n) is 11.6. The molecule has 0 spiro atoms. The highest BCUT2D eigenvalue weighted by atomic mass is 19.1. The molecule has 1 aromatic carbocycles. The highest BCUT2D eigenvalue weighted by molar-refractivity contribution is 5.83. The second-order valence-electron chi connectivity index (χ2n) is 10.2. The number of hydrogen-bond acceptors (Lipinski definition) is 4. The van der Waals surface area contributed by atoms with Gasteiger partial charge in [0, 0.05) is 30.6 Å². The van der Waals surface area contributed by atoms with Gasteiger partial charge in [-0.3, -0.25) is 14.5 Å². The Balaban J connectivity index is 1.23. The zero-order valence-electron chi connectivity index (χ0n) is 18.1. The number of halogens is 1. The minimum Gasteiger partial charge on any atom is -0.369 e. The topological polar surface area (TPSA) is 84.7 Å². The maximum absolute atomic E-state index is 13.3. The zero-order chi connectivity index (χ0) is 21.8. The fraction of sp³-hybridized carbons (Fsp3) is 0.667. The quantitative estimate of drug-likeness (QED) is 0.753. The normalized spacial score (nSPS) is 38.1. The van der Waals surface area contributed by atoms with Crippen LogP contribution in [0.25, 0.3) is 0 Å². The molecule has 6 rings (SSSR count). The minimum atomic E-state index is -0.515. The van der Waals surface area contributed by atoms with E-state index in [0.717, 1.165) is 44.2 Å². The lowest BCUT2D eigenvalue weighted by Crippen LogP contribution is -2.63. The van der Waals surface area contributed by atoms with Crippen LogP contribution in [-0.2, 0) is 14.3 Å². The Labute approximate surface area is 182 Å². The highest BCUT2D eigenvalue weighted by Crippen LogP contribution is 2.59. The summed E-state index contributed by atoms with van der Waals surface area (Å²) in [4.78, 5) is 27.5. The predicted octanol–water partition coefficient (Wildman–Crippen LogP) is 2.38. The van der Waals surface area contributed by atoms with E-state index in [1.165, 1.54) is 12.1 Å². The van der Waals surface area contributed by atoms with Crippen LogP contribution in [0.1, 0.15) is 50.6 Å². The summed E-state index contributed by atoms with van der Waals surface area (Å²) >= 11 is 0. The van der Waals surface area contributed by atoms with Gasteiger partial charge >= 0.3 is 0 Å². The number of carbonyl (C=O) groups excluding carboxylic acids is 2. The molecule has 1 heterocycles. The fourth-order valence-corrected chi connectivity index (χ4v) is 6.95. The third-order valence-corrected chi connectivity index (χ3v) is 8.40. The molecule has 0 radical (unpaired) electrons. The first-order chi connectivity index (χ1) is 14.8. The van der Waals surface area contributed by atoms with E-state index in [-0.39, 0.29) is 35.1 Å². The van der Waals surface area contributed by atoms with Crippen molar-refractivity contribution < 1.29 is 18.7 Å². The smallest absolute Gasteiger partial charge is 0.250 e. The molecule has 5 aliphatic rings. The van der Waals surface area contributed by atoms with Crippen LogP contribution >= 0.6 is 0 Å². The van der Waals surface area contributed by atoms with Crippen LogP contribution < -0.4 is 11.1 Å². The molecule has 4 aliphatic carbocycles. The van der Waals surface area contributed by atoms with Crippen LogP contribution in [0.5, 0.6) is 0 Å². The molecule has 3 unspecified atom stereocenters. The van der Waals surface area contributed by atoms with E-state index in [4.69, 9.17) is 10.5 Å². The summed E-state index contributed by atoms with van der Waals surface area (Å²) in [5.74, 6) is 0.778. The summed E-state index contributed by atoms with van der Waals surface area (Å²) in [6.45, 7) is 3.82. The molecular weight excluding hydrogens is 397 g/mol. The number of ether oxygens (including phenoxy) is 1. The minimum absolute atomic E-state index is 0.0541. The Morgan fingerprint density at radius 2 is 1.87 bits per heavy atom. The van der Waals surface area contributed by atoms with Gasteiger partial charge in [-0.15, -0.1) is 0 Å². The average molecular weight is 430 g/mol. The average Bonchev–Trinajstić information content (AvgIpc) is 2.75. The number of nitrogens with zero attached hydrogens (tertiary/aromatic N) is 1. The van der Waals surface area contributed by atoms with Crippen molar-refractivity contribution >= 4 is 11.8 Å². The number of hydrogen-bond donors (Lipinski definition) is 2. The lowest BCUT2D eigenvalue weighted by molar-refractivity contribution is -0.151. The predicted molar refractivity (Wildman–Crippen MR) is 113 cm³/mol. The molecule has 1 aromatic rings. The lowest BCUT2D eigenvalue weighted by atomic mass is 9.47. The number of rotatable bonds is 5. The number of carbonyl (C=O) groups is 2. The Morgan fingerprint density at radius 1 is 1.19 bits per heavy atom. The molecule has 4 bridgehead atoms. The van der Waals surface area contributed by atoms with Gasteiger partial charge in [-0.1, -0.05) is 12.1 Å². The molecule has 168 valence electrons. The van der Waals surface area contributed by atoms with Crippen LogP contribution in [0.4, 0.5) is 4.39 Å². The van der Waals surface area contributed by atoms with Crippen molar-refractivity contribution in [3.05, 3.63) is 35.6 Å². The van der Waals surface area contributed by atoms with Gasteiger partial charge in [0.05, 0.1) is 6.61 Å². The number of morpholine rings is 1. The summed E-state index contributed by atoms with van der Waals surface area (Å²) in [5, 5.41) is 3.30. The molecule has 5 fully saturated rings. The first-order valence-corrected chi connectivity index (χ1v) is 11.6. The van der Waals surface area contributed by atoms with Crippen LogP contribution in [0.3, 0.4) is 0 Å². The molecule has 31 heavy (non-hydrogen) atoms. The SMILES string of the molecule is C[C@H](c1ccc(F)cc1)N1CCOC(C(=O)NC2C3CC4CC2CC(C(N)=O)(C4)C3)C1. The fourth-order valence-electron chi connectivity index (χ4n) is 6.95. The van der Waals surface area contributed by atoms with Crippen molar-refractivity contribution in [1.29, 1.82) is 0 Å². The highest BCUT2D eigenvalue weighted by Gasteiger charge is 2.58. The molecular formula is C24H32FN3O3. The van der Waals surface area contributed by atoms with Gasteiger partial charge in [-0.25, -0.2) is 4.39 Å². The van der Waals surface area contributed by atoms with Crippen molar-refractivity contribution in [2.75, 3.05) is 19.7 Å². The number of nitrogens with one attached hydrogen (secondary N) is 1. The van der Waals surface area contributed by atoms with Gasteiger partial charge in [0.2, 0.25) is 5.91 Å². The van der Waals surface area contributed by atoms with Crippen LogP contribution in [0, 0.1) is 29.0 Å². The number of primary amides is 1. The Hall–Kier alpha value is -1.99. The zero-order valence-corrected chi connectivity index (χ0v) is 18.1. The molecule has 4 atom stereocenters. The Kier molecular flexibility index (Phi) is 5.29. The lowest BCUT2D eigenvalue weighted by Gasteiger charge is -2.59.